The van der Waals surface area contributed by atoms with Crippen molar-refractivity contribution in [2.24, 2.45) is 0 Å². The van der Waals surface area contributed by atoms with Gasteiger partial charge in [-0.15, -0.1) is 0 Å². The number of rotatable bonds is 9. The Bertz CT molecular complexity index is 919. The summed E-state index contributed by atoms with van der Waals surface area (Å²) in [4.78, 5) is 39.8. The van der Waals surface area contributed by atoms with Gasteiger partial charge in [0, 0.05) is 24.4 Å². The van der Waals surface area contributed by atoms with Gasteiger partial charge in [-0.25, -0.2) is 9.18 Å². The summed E-state index contributed by atoms with van der Waals surface area (Å²) in [6.07, 6.45) is -0.130. The van der Waals surface area contributed by atoms with Crippen LogP contribution in [0.15, 0.2) is 24.4 Å². The summed E-state index contributed by atoms with van der Waals surface area (Å²) < 4.78 is 13.7. The number of benzene rings is 1. The zero-order chi connectivity index (χ0) is 20.0. The van der Waals surface area contributed by atoms with Gasteiger partial charge in [0.2, 0.25) is 11.7 Å². The van der Waals surface area contributed by atoms with E-state index in [2.05, 4.69) is 15.1 Å². The Morgan fingerprint density at radius 1 is 1.37 bits per heavy atom. The Morgan fingerprint density at radius 2 is 2.11 bits per heavy atom. The van der Waals surface area contributed by atoms with Crippen LogP contribution in [0, 0.1) is 5.82 Å². The molecule has 0 aliphatic rings. The van der Waals surface area contributed by atoms with Gasteiger partial charge in [-0.3, -0.25) is 9.59 Å². The number of para-hydroxylation sites is 1. The maximum absolute atomic E-state index is 13.7. The van der Waals surface area contributed by atoms with Crippen molar-refractivity contribution in [3.63, 3.8) is 0 Å². The lowest BCUT2D eigenvalue weighted by molar-refractivity contribution is -0.143. The van der Waals surface area contributed by atoms with Crippen LogP contribution in [0.25, 0.3) is 16.4 Å². The van der Waals surface area contributed by atoms with Crippen LogP contribution >= 0.6 is 0 Å². The number of carboxylic acids is 1. The number of halogens is 1. The Morgan fingerprint density at radius 3 is 2.78 bits per heavy atom. The lowest BCUT2D eigenvalue weighted by Gasteiger charge is -2.16. The van der Waals surface area contributed by atoms with Gasteiger partial charge >= 0.3 is 12.2 Å². The minimum Gasteiger partial charge on any atom is -0.480 e. The van der Waals surface area contributed by atoms with Crippen LogP contribution in [-0.4, -0.2) is 56.0 Å². The quantitative estimate of drug-likeness (QED) is 0.284. The maximum atomic E-state index is 13.7. The highest BCUT2D eigenvalue weighted by molar-refractivity contribution is 6.25. The van der Waals surface area contributed by atoms with Crippen molar-refractivity contribution in [1.29, 1.82) is 0 Å². The number of amides is 1. The molecule has 27 heavy (non-hydrogen) atoms. The summed E-state index contributed by atoms with van der Waals surface area (Å²) in [5, 5.41) is 21.9. The molecule has 1 amide bonds. The zero-order valence-electron chi connectivity index (χ0n) is 14.1. The molecule has 2 aromatic rings. The van der Waals surface area contributed by atoms with Gasteiger partial charge in [0.05, 0.1) is 5.52 Å². The lowest BCUT2D eigenvalue weighted by atomic mass is 10.0. The number of nitrogens with one attached hydrogen (secondary N) is 2. The number of aliphatic carboxylic acids is 1. The number of carboxylic acid groups (broad SMARTS) is 1. The van der Waals surface area contributed by atoms with Gasteiger partial charge in [-0.2, -0.15) is 4.79 Å². The fourth-order valence-corrected chi connectivity index (χ4v) is 2.59. The molecule has 0 bridgehead atoms. The van der Waals surface area contributed by atoms with E-state index in [1.54, 1.807) is 6.07 Å². The van der Waals surface area contributed by atoms with Crippen molar-refractivity contribution < 1.29 is 33.8 Å². The van der Waals surface area contributed by atoms with Crippen molar-refractivity contribution >= 4 is 34.8 Å². The first-order valence-corrected chi connectivity index (χ1v) is 7.99. The zero-order valence-corrected chi connectivity index (χ0v) is 14.1. The summed E-state index contributed by atoms with van der Waals surface area (Å²) in [7, 11) is 0. The van der Waals surface area contributed by atoms with E-state index in [0.717, 1.165) is 0 Å². The predicted molar refractivity (Wildman–Crippen MR) is 91.5 cm³/mol. The molecule has 2 atom stereocenters. The largest absolute Gasteiger partial charge is 0.480 e. The standard InChI is InChI=1S/C17H17FN4O5/c18-12-3-1-2-11-9(7-20-15(11)12)6-14(24)16(25)22-13(17(26)27)5-4-10(23)8-21-19/h1-3,7-8,13-14,20,24H,4-6H2,(H,22,25)(H,26,27)/t13-,14-/m0/s1. The van der Waals surface area contributed by atoms with Gasteiger partial charge in [-0.1, -0.05) is 12.1 Å². The summed E-state index contributed by atoms with van der Waals surface area (Å²) >= 11 is 0. The number of carbonyl (C=O) groups is 3. The monoisotopic (exact) mass is 376 g/mol. The second-order valence-electron chi connectivity index (χ2n) is 5.85. The first-order chi connectivity index (χ1) is 12.8. The van der Waals surface area contributed by atoms with E-state index in [9.17, 15) is 23.9 Å². The van der Waals surface area contributed by atoms with E-state index in [-0.39, 0.29) is 24.8 Å². The smallest absolute Gasteiger partial charge is 0.326 e. The normalized spacial score (nSPS) is 12.8. The van der Waals surface area contributed by atoms with E-state index in [1.165, 1.54) is 18.3 Å². The van der Waals surface area contributed by atoms with Crippen molar-refractivity contribution in [3.8, 4) is 0 Å². The van der Waals surface area contributed by atoms with Crippen LogP contribution in [-0.2, 0) is 20.8 Å². The van der Waals surface area contributed by atoms with Gasteiger partial charge < -0.3 is 26.0 Å². The number of ketones is 1. The van der Waals surface area contributed by atoms with Crippen LogP contribution in [0.5, 0.6) is 0 Å². The van der Waals surface area contributed by atoms with Crippen molar-refractivity contribution in [1.82, 2.24) is 10.3 Å². The molecule has 9 nitrogen and oxygen atoms in total. The number of nitrogens with zero attached hydrogens (tertiary/aromatic N) is 2. The molecule has 1 aromatic heterocycles. The van der Waals surface area contributed by atoms with E-state index in [1.807, 2.05) is 0 Å². The van der Waals surface area contributed by atoms with Crippen LogP contribution in [0.1, 0.15) is 18.4 Å². The fraction of sp³-hybridized carbons (Fsp3) is 0.294. The number of H-pyrrole nitrogens is 1. The van der Waals surface area contributed by atoms with E-state index >= 15 is 0 Å². The molecule has 4 N–H and O–H groups in total. The van der Waals surface area contributed by atoms with Gasteiger partial charge in [-0.05, 0) is 18.1 Å². The topological polar surface area (TPSA) is 156 Å². The Balaban J connectivity index is 2.02. The van der Waals surface area contributed by atoms with Crippen LogP contribution in [0.2, 0.25) is 0 Å². The second-order valence-corrected chi connectivity index (χ2v) is 5.85. The highest BCUT2D eigenvalue weighted by atomic mass is 19.1. The molecule has 0 aliphatic carbocycles. The van der Waals surface area contributed by atoms with Crippen molar-refractivity contribution in [2.75, 3.05) is 0 Å². The number of fused-ring (bicyclic) bond motifs is 1. The highest BCUT2D eigenvalue weighted by Gasteiger charge is 2.25. The van der Waals surface area contributed by atoms with Crippen molar-refractivity contribution in [3.05, 3.63) is 41.3 Å². The molecule has 142 valence electrons. The Labute approximate surface area is 152 Å². The average molecular weight is 376 g/mol. The fourth-order valence-electron chi connectivity index (χ4n) is 2.59. The molecule has 0 saturated heterocycles. The second kappa shape index (κ2) is 8.84. The minimum absolute atomic E-state index is 0.155. The lowest BCUT2D eigenvalue weighted by Crippen LogP contribution is -2.46. The summed E-state index contributed by atoms with van der Waals surface area (Å²) in [5.41, 5.74) is 8.98. The maximum Gasteiger partial charge on any atom is 0.326 e. The predicted octanol–water partition coefficient (Wildman–Crippen LogP) is 0.430. The molecule has 0 saturated carbocycles. The molecule has 10 heteroatoms. The summed E-state index contributed by atoms with van der Waals surface area (Å²) in [6.45, 7) is 0. The van der Waals surface area contributed by atoms with Gasteiger partial charge in [0.15, 0.2) is 0 Å². The number of aliphatic hydroxyl groups excluding tert-OH is 1. The first kappa shape index (κ1) is 20.0. The van der Waals surface area contributed by atoms with Gasteiger partial charge in [0.1, 0.15) is 18.0 Å². The van der Waals surface area contributed by atoms with Crippen molar-refractivity contribution in [2.45, 2.75) is 31.4 Å². The molecule has 0 spiro atoms. The third-order valence-electron chi connectivity index (χ3n) is 3.96. The highest BCUT2D eigenvalue weighted by Crippen LogP contribution is 2.22. The van der Waals surface area contributed by atoms with Crippen LogP contribution in [0.4, 0.5) is 4.39 Å². The average Bonchev–Trinajstić information content (AvgIpc) is 3.02. The van der Waals surface area contributed by atoms with E-state index in [4.69, 9.17) is 10.6 Å². The molecular formula is C17H17FN4O5. The Kier molecular flexibility index (Phi) is 6.53. The third kappa shape index (κ3) is 5.06. The molecule has 2 rings (SSSR count). The van der Waals surface area contributed by atoms with Gasteiger partial charge in [0.25, 0.3) is 0 Å². The number of aromatic nitrogens is 1. The number of Topliss-reactive ketones (excluding diaryl/α,β-unsaturated/α-hetero) is 1. The number of hydrogen-bond donors (Lipinski definition) is 4. The molecular weight excluding hydrogens is 359 g/mol. The number of aromatic amines is 1. The molecule has 1 heterocycles. The number of carbonyl (C=O) groups excluding carboxylic acids is 2. The SMILES string of the molecule is [N-]=[N+]=CC(=O)CC[C@H](NC(=O)[C@@H](O)Cc1c[nH]c2c(F)cccc12)C(=O)O. The summed E-state index contributed by atoms with van der Waals surface area (Å²) in [5.74, 6) is -3.39. The van der Waals surface area contributed by atoms with Crippen LogP contribution in [0.3, 0.4) is 0 Å². The number of aliphatic hydroxyl groups is 1. The molecule has 1 aromatic carbocycles. The van der Waals surface area contributed by atoms with E-state index < -0.39 is 35.6 Å². The van der Waals surface area contributed by atoms with Crippen LogP contribution < -0.4 is 5.32 Å². The molecule has 0 unspecified atom stereocenters. The summed E-state index contributed by atoms with van der Waals surface area (Å²) in [6, 6.07) is 2.99. The molecule has 0 aliphatic heterocycles. The molecule has 0 fully saturated rings. The Hall–Kier alpha value is -3.36. The minimum atomic E-state index is -1.57. The third-order valence-corrected chi connectivity index (χ3v) is 3.96. The molecule has 0 radical (unpaired) electrons. The number of hydrogen-bond acceptors (Lipinski definition) is 4. The first-order valence-electron chi connectivity index (χ1n) is 7.99. The van der Waals surface area contributed by atoms with E-state index in [0.29, 0.717) is 17.2 Å².